The number of benzene rings is 1. The Morgan fingerprint density at radius 2 is 2.09 bits per heavy atom. The fourth-order valence-electron chi connectivity index (χ4n) is 0.663. The number of phenols is 2. The smallest absolute Gasteiger partial charge is 0.140 e. The summed E-state index contributed by atoms with van der Waals surface area (Å²) in [6, 6.07) is 3.74. The third-order valence-corrected chi connectivity index (χ3v) is 1.15. The van der Waals surface area contributed by atoms with Crippen LogP contribution in [0.1, 0.15) is 0 Å². The highest BCUT2D eigenvalue weighted by Crippen LogP contribution is 2.26. The monoisotopic (exact) mass is 154 g/mol. The fourth-order valence-corrected chi connectivity index (χ4v) is 0.663. The number of rotatable bonds is 2. The molecule has 1 aromatic rings. The van der Waals surface area contributed by atoms with Gasteiger partial charge in [-0.3, -0.25) is 0 Å². The van der Waals surface area contributed by atoms with E-state index in [-0.39, 0.29) is 17.2 Å². The van der Waals surface area contributed by atoms with Crippen LogP contribution in [0.25, 0.3) is 0 Å². The number of nitroso groups, excluding NO2 is 1. The summed E-state index contributed by atoms with van der Waals surface area (Å²) in [6.45, 7) is 0. The van der Waals surface area contributed by atoms with Crippen LogP contribution < -0.4 is 5.43 Å². The molecule has 0 radical (unpaired) electrons. The largest absolute Gasteiger partial charge is 0.508 e. The molecule has 5 heteroatoms. The summed E-state index contributed by atoms with van der Waals surface area (Å²) in [7, 11) is 0. The summed E-state index contributed by atoms with van der Waals surface area (Å²) in [6.07, 6.45) is 0. The van der Waals surface area contributed by atoms with E-state index in [2.05, 4.69) is 5.29 Å². The predicted molar refractivity (Wildman–Crippen MR) is 39.2 cm³/mol. The standard InChI is InChI=1S/C6H6N2O3/c9-4-1-2-6(10)5(3-4)7-8-11/h1-3,9-10H,(H,7,11). The van der Waals surface area contributed by atoms with Gasteiger partial charge < -0.3 is 10.2 Å². The lowest BCUT2D eigenvalue weighted by Gasteiger charge is -2.00. The minimum atomic E-state index is -0.137. The van der Waals surface area contributed by atoms with E-state index in [1.54, 1.807) is 0 Å². The highest BCUT2D eigenvalue weighted by atomic mass is 16.3. The van der Waals surface area contributed by atoms with E-state index in [9.17, 15) is 4.91 Å². The molecule has 0 heterocycles. The van der Waals surface area contributed by atoms with Crippen LogP contribution >= 0.6 is 0 Å². The molecule has 1 aromatic carbocycles. The van der Waals surface area contributed by atoms with Gasteiger partial charge in [-0.05, 0) is 12.1 Å². The number of aromatic hydroxyl groups is 2. The lowest BCUT2D eigenvalue weighted by molar-refractivity contribution is 0.462. The van der Waals surface area contributed by atoms with E-state index < -0.39 is 0 Å². The minimum Gasteiger partial charge on any atom is -0.508 e. The summed E-state index contributed by atoms with van der Waals surface area (Å²) >= 11 is 0. The van der Waals surface area contributed by atoms with E-state index in [1.807, 2.05) is 5.43 Å². The second-order valence-corrected chi connectivity index (χ2v) is 1.90. The maximum atomic E-state index is 9.68. The van der Waals surface area contributed by atoms with Crippen molar-refractivity contribution in [3.63, 3.8) is 0 Å². The van der Waals surface area contributed by atoms with Gasteiger partial charge in [0.25, 0.3) is 0 Å². The number of hydrogen-bond donors (Lipinski definition) is 3. The lowest BCUT2D eigenvalue weighted by Crippen LogP contribution is -1.85. The second-order valence-electron chi connectivity index (χ2n) is 1.90. The molecule has 0 spiro atoms. The summed E-state index contributed by atoms with van der Waals surface area (Å²) in [5.41, 5.74) is 2.06. The van der Waals surface area contributed by atoms with Crippen LogP contribution in [0.5, 0.6) is 11.5 Å². The molecule has 0 bridgehead atoms. The Labute approximate surface area is 62.2 Å². The van der Waals surface area contributed by atoms with E-state index in [0.717, 1.165) is 0 Å². The van der Waals surface area contributed by atoms with E-state index in [4.69, 9.17) is 10.2 Å². The van der Waals surface area contributed by atoms with Crippen LogP contribution in [0.3, 0.4) is 0 Å². The zero-order valence-electron chi connectivity index (χ0n) is 5.48. The van der Waals surface area contributed by atoms with Crippen molar-refractivity contribution >= 4 is 5.69 Å². The average Bonchev–Trinajstić information content (AvgIpc) is 1.98. The van der Waals surface area contributed by atoms with Gasteiger partial charge in [-0.1, -0.05) is 0 Å². The van der Waals surface area contributed by atoms with Crippen molar-refractivity contribution < 1.29 is 10.2 Å². The van der Waals surface area contributed by atoms with Crippen molar-refractivity contribution in [2.24, 2.45) is 5.29 Å². The number of anilines is 1. The molecule has 0 amide bonds. The number of phenolic OH excluding ortho intramolecular Hbond substituents is 2. The van der Waals surface area contributed by atoms with Crippen LogP contribution in [-0.4, -0.2) is 10.2 Å². The van der Waals surface area contributed by atoms with Gasteiger partial charge in [0, 0.05) is 6.07 Å². The molecular weight excluding hydrogens is 148 g/mol. The highest BCUT2D eigenvalue weighted by molar-refractivity contribution is 5.57. The van der Waals surface area contributed by atoms with Crippen LogP contribution in [0.4, 0.5) is 5.69 Å². The van der Waals surface area contributed by atoms with Crippen LogP contribution in [-0.2, 0) is 0 Å². The second kappa shape index (κ2) is 2.87. The van der Waals surface area contributed by atoms with E-state index in [0.29, 0.717) is 0 Å². The summed E-state index contributed by atoms with van der Waals surface area (Å²) in [5, 5.41) is 20.2. The van der Waals surface area contributed by atoms with E-state index >= 15 is 0 Å². The molecule has 0 aliphatic rings. The molecule has 11 heavy (non-hydrogen) atoms. The van der Waals surface area contributed by atoms with Crippen molar-refractivity contribution in [1.29, 1.82) is 0 Å². The Morgan fingerprint density at radius 1 is 1.36 bits per heavy atom. The molecule has 0 atom stereocenters. The first-order valence-electron chi connectivity index (χ1n) is 2.84. The Kier molecular flexibility index (Phi) is 1.91. The van der Waals surface area contributed by atoms with E-state index in [1.165, 1.54) is 18.2 Å². The normalized spacial score (nSPS) is 9.09. The van der Waals surface area contributed by atoms with Crippen molar-refractivity contribution in [1.82, 2.24) is 0 Å². The molecule has 58 valence electrons. The first-order valence-corrected chi connectivity index (χ1v) is 2.84. The maximum absolute atomic E-state index is 9.68. The summed E-state index contributed by atoms with van der Waals surface area (Å²) < 4.78 is 0. The zero-order chi connectivity index (χ0) is 8.27. The molecule has 0 fully saturated rings. The number of hydrogen-bond acceptors (Lipinski definition) is 4. The molecule has 3 N–H and O–H groups in total. The van der Waals surface area contributed by atoms with Crippen LogP contribution in [0.2, 0.25) is 0 Å². The summed E-state index contributed by atoms with van der Waals surface area (Å²) in [5.74, 6) is -0.184. The molecule has 0 unspecified atom stereocenters. The molecule has 0 aliphatic carbocycles. The van der Waals surface area contributed by atoms with Gasteiger partial charge in [0.15, 0.2) is 0 Å². The molecule has 0 saturated heterocycles. The Morgan fingerprint density at radius 3 is 2.73 bits per heavy atom. The number of nitrogens with zero attached hydrogens (tertiary/aromatic N) is 1. The molecule has 0 aromatic heterocycles. The quantitative estimate of drug-likeness (QED) is 0.258. The van der Waals surface area contributed by atoms with Crippen molar-refractivity contribution in [2.75, 3.05) is 5.43 Å². The van der Waals surface area contributed by atoms with Crippen molar-refractivity contribution in [2.45, 2.75) is 0 Å². The Bertz CT molecular complexity index is 275. The SMILES string of the molecule is O=NNc1cc(O)ccc1O. The van der Waals surface area contributed by atoms with Gasteiger partial charge in [0.1, 0.15) is 17.2 Å². The number of nitrogens with one attached hydrogen (secondary N) is 1. The van der Waals surface area contributed by atoms with Crippen molar-refractivity contribution in [3.8, 4) is 11.5 Å². The predicted octanol–water partition coefficient (Wildman–Crippen LogP) is 1.19. The van der Waals surface area contributed by atoms with Gasteiger partial charge in [-0.25, -0.2) is 5.43 Å². The highest BCUT2D eigenvalue weighted by Gasteiger charge is 1.99. The maximum Gasteiger partial charge on any atom is 0.140 e. The Hall–Kier alpha value is -1.78. The molecule has 1 rings (SSSR count). The third-order valence-electron chi connectivity index (χ3n) is 1.15. The first kappa shape index (κ1) is 7.33. The fraction of sp³-hybridized carbons (Fsp3) is 0. The molecule has 0 aliphatic heterocycles. The van der Waals surface area contributed by atoms with Crippen LogP contribution in [0, 0.1) is 4.91 Å². The van der Waals surface area contributed by atoms with Gasteiger partial charge in [-0.2, -0.15) is 0 Å². The minimum absolute atomic E-state index is 0.0473. The average molecular weight is 154 g/mol. The van der Waals surface area contributed by atoms with Crippen LogP contribution in [0.15, 0.2) is 23.5 Å². The Balaban J connectivity index is 3.01. The topological polar surface area (TPSA) is 81.9 Å². The first-order chi connectivity index (χ1) is 5.24. The van der Waals surface area contributed by atoms with Gasteiger partial charge in [0.2, 0.25) is 0 Å². The van der Waals surface area contributed by atoms with Gasteiger partial charge in [0.05, 0.1) is 5.29 Å². The molecular formula is C6H6N2O3. The lowest BCUT2D eigenvalue weighted by atomic mass is 10.3. The third kappa shape index (κ3) is 1.57. The van der Waals surface area contributed by atoms with Crippen molar-refractivity contribution in [3.05, 3.63) is 23.1 Å². The van der Waals surface area contributed by atoms with Gasteiger partial charge in [-0.15, -0.1) is 4.91 Å². The zero-order valence-corrected chi connectivity index (χ0v) is 5.48. The molecule has 5 nitrogen and oxygen atoms in total. The summed E-state index contributed by atoms with van der Waals surface area (Å²) in [4.78, 5) is 9.68. The molecule has 0 saturated carbocycles. The van der Waals surface area contributed by atoms with Gasteiger partial charge >= 0.3 is 0 Å².